The summed E-state index contributed by atoms with van der Waals surface area (Å²) in [7, 11) is 1.80. The molecule has 0 saturated heterocycles. The first-order valence-corrected chi connectivity index (χ1v) is 5.18. The minimum atomic E-state index is -0.237. The quantitative estimate of drug-likeness (QED) is 0.839. The lowest BCUT2D eigenvalue weighted by molar-refractivity contribution is 0.102. The second-order valence-corrected chi connectivity index (χ2v) is 3.70. The van der Waals surface area contributed by atoms with Crippen molar-refractivity contribution in [2.24, 2.45) is 7.05 Å². The Balaban J connectivity index is 2.27. The lowest BCUT2D eigenvalue weighted by Gasteiger charge is -2.03. The average Bonchev–Trinajstić information content (AvgIpc) is 2.54. The molecule has 2 aromatic rings. The molecule has 0 atom stereocenters. The Morgan fingerprint density at radius 3 is 2.47 bits per heavy atom. The normalized spacial score (nSPS) is 10.3. The molecule has 1 N–H and O–H groups in total. The van der Waals surface area contributed by atoms with Gasteiger partial charge >= 0.3 is 0 Å². The van der Waals surface area contributed by atoms with Crippen molar-refractivity contribution in [2.75, 3.05) is 5.32 Å². The summed E-state index contributed by atoms with van der Waals surface area (Å²) in [6, 6.07) is 1.69. The van der Waals surface area contributed by atoms with Crippen molar-refractivity contribution < 1.29 is 4.79 Å². The van der Waals surface area contributed by atoms with Crippen LogP contribution < -0.4 is 5.32 Å². The van der Waals surface area contributed by atoms with Crippen molar-refractivity contribution in [3.05, 3.63) is 35.4 Å². The average molecular weight is 231 g/mol. The van der Waals surface area contributed by atoms with Crippen LogP contribution >= 0.6 is 0 Å². The molecule has 0 aliphatic carbocycles. The smallest absolute Gasteiger partial charge is 0.261 e. The van der Waals surface area contributed by atoms with Crippen LogP contribution in [-0.2, 0) is 7.05 Å². The van der Waals surface area contributed by atoms with Gasteiger partial charge in [0.15, 0.2) is 0 Å². The molecule has 0 spiro atoms. The molecule has 2 aromatic heterocycles. The van der Waals surface area contributed by atoms with Gasteiger partial charge in [0.2, 0.25) is 5.95 Å². The van der Waals surface area contributed by atoms with Crippen molar-refractivity contribution in [2.45, 2.75) is 13.8 Å². The summed E-state index contributed by atoms with van der Waals surface area (Å²) >= 11 is 0. The Labute approximate surface area is 98.7 Å². The minimum absolute atomic E-state index is 0.237. The molecule has 17 heavy (non-hydrogen) atoms. The first-order chi connectivity index (χ1) is 8.09. The molecule has 88 valence electrons. The van der Waals surface area contributed by atoms with Crippen molar-refractivity contribution in [3.8, 4) is 0 Å². The molecule has 6 heteroatoms. The summed E-state index contributed by atoms with van der Waals surface area (Å²) in [4.78, 5) is 19.9. The molecule has 0 unspecified atom stereocenters. The van der Waals surface area contributed by atoms with Crippen molar-refractivity contribution in [3.63, 3.8) is 0 Å². The summed E-state index contributed by atoms with van der Waals surface area (Å²) in [5.41, 5.74) is 2.08. The number of nitrogens with zero attached hydrogens (tertiary/aromatic N) is 4. The SMILES string of the molecule is Cc1nn(C)c(C)c1C(=O)Nc1ncccn1. The van der Waals surface area contributed by atoms with E-state index in [-0.39, 0.29) is 5.91 Å². The van der Waals surface area contributed by atoms with Gasteiger partial charge in [-0.3, -0.25) is 14.8 Å². The predicted octanol–water partition coefficient (Wildman–Crippen LogP) is 1.08. The van der Waals surface area contributed by atoms with E-state index in [0.29, 0.717) is 17.2 Å². The highest BCUT2D eigenvalue weighted by molar-refractivity contribution is 6.04. The zero-order valence-electron chi connectivity index (χ0n) is 9.93. The minimum Gasteiger partial charge on any atom is -0.290 e. The van der Waals surface area contributed by atoms with Gasteiger partial charge in [0, 0.05) is 25.1 Å². The summed E-state index contributed by atoms with van der Waals surface area (Å²) in [6.45, 7) is 3.65. The molecule has 1 amide bonds. The molecule has 2 rings (SSSR count). The molecule has 0 saturated carbocycles. The van der Waals surface area contributed by atoms with E-state index < -0.39 is 0 Å². The highest BCUT2D eigenvalue weighted by Crippen LogP contribution is 2.13. The number of rotatable bonds is 2. The highest BCUT2D eigenvalue weighted by Gasteiger charge is 2.17. The molecule has 2 heterocycles. The number of hydrogen-bond donors (Lipinski definition) is 1. The Hall–Kier alpha value is -2.24. The Kier molecular flexibility index (Phi) is 2.86. The van der Waals surface area contributed by atoms with E-state index >= 15 is 0 Å². The molecule has 0 radical (unpaired) electrons. The Morgan fingerprint density at radius 1 is 1.29 bits per heavy atom. The first kappa shape index (κ1) is 11.3. The number of carbonyl (C=O) groups excluding carboxylic acids is 1. The fraction of sp³-hybridized carbons (Fsp3) is 0.273. The van der Waals surface area contributed by atoms with Crippen LogP contribution in [0.4, 0.5) is 5.95 Å². The van der Waals surface area contributed by atoms with E-state index in [1.54, 1.807) is 37.1 Å². The number of aryl methyl sites for hydroxylation is 2. The van der Waals surface area contributed by atoms with Crippen LogP contribution in [0.5, 0.6) is 0 Å². The molecule has 6 nitrogen and oxygen atoms in total. The van der Waals surface area contributed by atoms with E-state index in [2.05, 4.69) is 20.4 Å². The third-order valence-corrected chi connectivity index (χ3v) is 2.53. The second kappa shape index (κ2) is 4.32. The fourth-order valence-electron chi connectivity index (χ4n) is 1.63. The molecular weight excluding hydrogens is 218 g/mol. The second-order valence-electron chi connectivity index (χ2n) is 3.70. The van der Waals surface area contributed by atoms with Gasteiger partial charge < -0.3 is 0 Å². The standard InChI is InChI=1S/C11H13N5O/c1-7-9(8(2)16(3)15-7)10(17)14-11-12-5-4-6-13-11/h4-6H,1-3H3,(H,12,13,14,17). The number of aromatic nitrogens is 4. The maximum atomic E-state index is 12.0. The summed E-state index contributed by atoms with van der Waals surface area (Å²) < 4.78 is 1.68. The zero-order valence-corrected chi connectivity index (χ0v) is 9.93. The molecule has 0 bridgehead atoms. The lowest BCUT2D eigenvalue weighted by Crippen LogP contribution is -2.15. The van der Waals surface area contributed by atoms with E-state index in [0.717, 1.165) is 5.69 Å². The zero-order chi connectivity index (χ0) is 12.4. The number of amides is 1. The van der Waals surface area contributed by atoms with Crippen molar-refractivity contribution >= 4 is 11.9 Å². The first-order valence-electron chi connectivity index (χ1n) is 5.18. The number of anilines is 1. The van der Waals surface area contributed by atoms with Crippen LogP contribution in [0.1, 0.15) is 21.7 Å². The van der Waals surface area contributed by atoms with E-state index in [1.165, 1.54) is 0 Å². The van der Waals surface area contributed by atoms with Crippen LogP contribution in [0.25, 0.3) is 0 Å². The molecule has 0 fully saturated rings. The van der Waals surface area contributed by atoms with Gasteiger partial charge in [-0.15, -0.1) is 0 Å². The molecule has 0 aromatic carbocycles. The number of nitrogens with one attached hydrogen (secondary N) is 1. The third kappa shape index (κ3) is 2.15. The van der Waals surface area contributed by atoms with Crippen LogP contribution in [0.15, 0.2) is 18.5 Å². The Bertz CT molecular complexity index is 546. The highest BCUT2D eigenvalue weighted by atomic mass is 16.1. The number of hydrogen-bond acceptors (Lipinski definition) is 4. The van der Waals surface area contributed by atoms with Crippen LogP contribution in [0, 0.1) is 13.8 Å². The maximum Gasteiger partial charge on any atom is 0.261 e. The van der Waals surface area contributed by atoms with Gasteiger partial charge in [-0.2, -0.15) is 5.10 Å². The largest absolute Gasteiger partial charge is 0.290 e. The van der Waals surface area contributed by atoms with E-state index in [4.69, 9.17) is 0 Å². The van der Waals surface area contributed by atoms with Gasteiger partial charge in [0.1, 0.15) is 0 Å². The summed E-state index contributed by atoms with van der Waals surface area (Å²) in [5.74, 6) is 0.0550. The maximum absolute atomic E-state index is 12.0. The molecular formula is C11H13N5O. The monoisotopic (exact) mass is 231 g/mol. The van der Waals surface area contributed by atoms with Gasteiger partial charge in [-0.05, 0) is 19.9 Å². The number of carbonyl (C=O) groups is 1. The molecule has 0 aliphatic heterocycles. The third-order valence-electron chi connectivity index (χ3n) is 2.53. The van der Waals surface area contributed by atoms with Gasteiger partial charge in [-0.25, -0.2) is 9.97 Å². The van der Waals surface area contributed by atoms with E-state index in [1.807, 2.05) is 6.92 Å². The van der Waals surface area contributed by atoms with Crippen LogP contribution in [0.3, 0.4) is 0 Å². The Morgan fingerprint density at radius 2 is 1.94 bits per heavy atom. The van der Waals surface area contributed by atoms with Crippen molar-refractivity contribution in [1.29, 1.82) is 0 Å². The lowest BCUT2D eigenvalue weighted by atomic mass is 10.2. The van der Waals surface area contributed by atoms with Crippen LogP contribution in [-0.4, -0.2) is 25.7 Å². The summed E-state index contributed by atoms with van der Waals surface area (Å²) in [6.07, 6.45) is 3.15. The predicted molar refractivity (Wildman–Crippen MR) is 62.7 cm³/mol. The van der Waals surface area contributed by atoms with Gasteiger partial charge in [-0.1, -0.05) is 0 Å². The van der Waals surface area contributed by atoms with E-state index in [9.17, 15) is 4.79 Å². The fourth-order valence-corrected chi connectivity index (χ4v) is 1.63. The van der Waals surface area contributed by atoms with Gasteiger partial charge in [0.25, 0.3) is 5.91 Å². The van der Waals surface area contributed by atoms with Crippen molar-refractivity contribution in [1.82, 2.24) is 19.7 Å². The summed E-state index contributed by atoms with van der Waals surface area (Å²) in [5, 5.41) is 6.83. The molecule has 0 aliphatic rings. The van der Waals surface area contributed by atoms with Crippen LogP contribution in [0.2, 0.25) is 0 Å². The topological polar surface area (TPSA) is 72.7 Å². The van der Waals surface area contributed by atoms with Gasteiger partial charge in [0.05, 0.1) is 11.3 Å².